The molecule has 24 heavy (non-hydrogen) atoms. The number of aromatic amines is 1. The Morgan fingerprint density at radius 2 is 2.25 bits per heavy atom. The Bertz CT molecular complexity index is 664. The van der Waals surface area contributed by atoms with Crippen LogP contribution >= 0.6 is 11.6 Å². The summed E-state index contributed by atoms with van der Waals surface area (Å²) in [7, 11) is 0. The number of carbonyl (C=O) groups is 1. The molecule has 1 amide bonds. The van der Waals surface area contributed by atoms with Crippen LogP contribution in [0.4, 0.5) is 0 Å². The molecule has 1 saturated heterocycles. The minimum Gasteiger partial charge on any atom is -0.488 e. The van der Waals surface area contributed by atoms with Gasteiger partial charge < -0.3 is 14.8 Å². The number of rotatable bonds is 6. The number of hydrogen-bond donors (Lipinski definition) is 2. The molecule has 0 unspecified atom stereocenters. The van der Waals surface area contributed by atoms with Crippen molar-refractivity contribution in [3.8, 4) is 5.75 Å². The summed E-state index contributed by atoms with van der Waals surface area (Å²) in [5, 5.41) is 9.55. The Labute approximate surface area is 144 Å². The Kier molecular flexibility index (Phi) is 5.66. The summed E-state index contributed by atoms with van der Waals surface area (Å²) in [6.07, 6.45) is 1.37. The zero-order chi connectivity index (χ0) is 16.8. The number of H-pyrrole nitrogens is 1. The number of amides is 1. The number of ether oxygens (including phenoxy) is 2. The third kappa shape index (κ3) is 4.69. The second kappa shape index (κ2) is 8.12. The summed E-state index contributed by atoms with van der Waals surface area (Å²) in [4.78, 5) is 16.1. The van der Waals surface area contributed by atoms with Gasteiger partial charge >= 0.3 is 0 Å². The van der Waals surface area contributed by atoms with Crippen LogP contribution in [-0.4, -0.2) is 46.4 Å². The lowest BCUT2D eigenvalue weighted by Crippen LogP contribution is -2.51. The van der Waals surface area contributed by atoms with Crippen molar-refractivity contribution in [1.82, 2.24) is 20.5 Å². The highest BCUT2D eigenvalue weighted by Gasteiger charge is 2.28. The van der Waals surface area contributed by atoms with E-state index in [1.807, 2.05) is 30.3 Å². The van der Waals surface area contributed by atoms with Crippen LogP contribution in [0, 0.1) is 0 Å². The molecule has 0 aliphatic carbocycles. The fourth-order valence-corrected chi connectivity index (χ4v) is 2.71. The van der Waals surface area contributed by atoms with Gasteiger partial charge in [-0.05, 0) is 23.7 Å². The van der Waals surface area contributed by atoms with E-state index in [9.17, 15) is 4.79 Å². The highest BCUT2D eigenvalue weighted by Crippen LogP contribution is 2.18. The summed E-state index contributed by atoms with van der Waals surface area (Å²) in [5.74, 6) is 1.30. The Morgan fingerprint density at radius 3 is 3.00 bits per heavy atom. The average Bonchev–Trinajstić information content (AvgIpc) is 3.01. The van der Waals surface area contributed by atoms with E-state index in [1.165, 1.54) is 0 Å². The number of hydrogen-bond acceptors (Lipinski definition) is 5. The van der Waals surface area contributed by atoms with Crippen LogP contribution in [0.5, 0.6) is 5.75 Å². The lowest BCUT2D eigenvalue weighted by atomic mass is 10.1. The van der Waals surface area contributed by atoms with Crippen molar-refractivity contribution >= 4 is 17.5 Å². The van der Waals surface area contributed by atoms with Crippen molar-refractivity contribution in [3.05, 3.63) is 41.4 Å². The zero-order valence-corrected chi connectivity index (χ0v) is 13.8. The minimum absolute atomic E-state index is 0.0836. The Morgan fingerprint density at radius 1 is 1.42 bits per heavy atom. The van der Waals surface area contributed by atoms with Crippen LogP contribution in [0.15, 0.2) is 30.3 Å². The van der Waals surface area contributed by atoms with Crippen LogP contribution < -0.4 is 10.1 Å². The van der Waals surface area contributed by atoms with E-state index in [1.54, 1.807) is 0 Å². The zero-order valence-electron chi connectivity index (χ0n) is 13.1. The maximum absolute atomic E-state index is 12.2. The van der Waals surface area contributed by atoms with Crippen molar-refractivity contribution in [2.75, 3.05) is 13.2 Å². The van der Waals surface area contributed by atoms with Crippen molar-refractivity contribution in [2.24, 2.45) is 0 Å². The van der Waals surface area contributed by atoms with Crippen LogP contribution in [0.3, 0.4) is 0 Å². The first-order valence-electron chi connectivity index (χ1n) is 7.86. The van der Waals surface area contributed by atoms with Gasteiger partial charge in [0.05, 0.1) is 19.3 Å². The molecule has 8 heteroatoms. The van der Waals surface area contributed by atoms with Crippen LogP contribution in [0.25, 0.3) is 0 Å². The van der Waals surface area contributed by atoms with Crippen LogP contribution in [0.1, 0.15) is 18.7 Å². The quantitative estimate of drug-likeness (QED) is 0.828. The molecule has 0 bridgehead atoms. The molecule has 2 atom stereocenters. The van der Waals surface area contributed by atoms with E-state index in [0.717, 1.165) is 12.2 Å². The molecule has 1 fully saturated rings. The van der Waals surface area contributed by atoms with E-state index >= 15 is 0 Å². The molecule has 0 radical (unpaired) electrons. The number of nitrogens with zero attached hydrogens (tertiary/aromatic N) is 2. The molecule has 3 rings (SSSR count). The van der Waals surface area contributed by atoms with Gasteiger partial charge in [-0.25, -0.2) is 4.98 Å². The smallest absolute Gasteiger partial charge is 0.242 e. The molecule has 2 aromatic rings. The van der Waals surface area contributed by atoms with Gasteiger partial charge in [0.1, 0.15) is 17.7 Å². The number of aryl methyl sites for hydroxylation is 1. The second-order valence-corrected chi connectivity index (χ2v) is 5.90. The normalized spacial score (nSPS) is 20.5. The first-order chi connectivity index (χ1) is 11.7. The lowest BCUT2D eigenvalue weighted by molar-refractivity contribution is -0.124. The number of benzene rings is 1. The molecule has 7 nitrogen and oxygen atoms in total. The monoisotopic (exact) mass is 350 g/mol. The third-order valence-electron chi connectivity index (χ3n) is 3.76. The van der Waals surface area contributed by atoms with Crippen molar-refractivity contribution in [1.29, 1.82) is 0 Å². The third-order valence-corrected chi connectivity index (χ3v) is 3.93. The highest BCUT2D eigenvalue weighted by molar-refractivity contribution is 6.28. The van der Waals surface area contributed by atoms with Gasteiger partial charge in [0, 0.05) is 19.3 Å². The molecule has 0 spiro atoms. The molecule has 1 aliphatic heterocycles. The van der Waals surface area contributed by atoms with E-state index in [-0.39, 0.29) is 23.3 Å². The van der Waals surface area contributed by atoms with E-state index in [2.05, 4.69) is 20.5 Å². The van der Waals surface area contributed by atoms with Gasteiger partial charge in [0.15, 0.2) is 0 Å². The molecule has 128 valence electrons. The average molecular weight is 351 g/mol. The number of aromatic nitrogens is 3. The number of halogens is 1. The van der Waals surface area contributed by atoms with Crippen molar-refractivity contribution in [3.63, 3.8) is 0 Å². The van der Waals surface area contributed by atoms with Crippen LogP contribution in [0.2, 0.25) is 5.28 Å². The minimum atomic E-state index is -0.176. The summed E-state index contributed by atoms with van der Waals surface area (Å²) in [6, 6.07) is 9.41. The Hall–Kier alpha value is -2.12. The molecular weight excluding hydrogens is 332 g/mol. The standard InChI is InChI=1S/C16H19ClN4O3/c17-16-19-14(20-21-16)6-7-15(22)18-12-10-23-9-8-13(12)24-11-4-2-1-3-5-11/h1-5,12-13H,6-10H2,(H,18,22)(H,19,20,21)/t12-,13+/m1/s1. The van der Waals surface area contributed by atoms with Gasteiger partial charge in [0.25, 0.3) is 0 Å². The second-order valence-electron chi connectivity index (χ2n) is 5.56. The van der Waals surface area contributed by atoms with E-state index in [4.69, 9.17) is 21.1 Å². The van der Waals surface area contributed by atoms with Crippen molar-refractivity contribution in [2.45, 2.75) is 31.4 Å². The summed E-state index contributed by atoms with van der Waals surface area (Å²) in [6.45, 7) is 1.07. The van der Waals surface area contributed by atoms with Gasteiger partial charge in [-0.2, -0.15) is 0 Å². The maximum Gasteiger partial charge on any atom is 0.242 e. The summed E-state index contributed by atoms with van der Waals surface area (Å²) >= 11 is 5.64. The van der Waals surface area contributed by atoms with Gasteiger partial charge in [-0.15, -0.1) is 5.10 Å². The first kappa shape index (κ1) is 16.7. The maximum atomic E-state index is 12.2. The number of para-hydroxylation sites is 1. The predicted octanol–water partition coefficient (Wildman–Crippen LogP) is 1.74. The predicted molar refractivity (Wildman–Crippen MR) is 87.9 cm³/mol. The van der Waals surface area contributed by atoms with Gasteiger partial charge in [0.2, 0.25) is 11.2 Å². The van der Waals surface area contributed by atoms with E-state index in [0.29, 0.717) is 31.9 Å². The summed E-state index contributed by atoms with van der Waals surface area (Å²) in [5.41, 5.74) is 0. The SMILES string of the molecule is O=C(CCc1nc(Cl)n[nH]1)N[C@@H]1COCC[C@@H]1Oc1ccccc1. The molecule has 0 saturated carbocycles. The molecular formula is C16H19ClN4O3. The molecule has 1 aromatic heterocycles. The number of carbonyl (C=O) groups excluding carboxylic acids is 1. The molecule has 1 aromatic carbocycles. The molecule has 2 N–H and O–H groups in total. The Balaban J connectivity index is 1.52. The van der Waals surface area contributed by atoms with Crippen molar-refractivity contribution < 1.29 is 14.3 Å². The van der Waals surface area contributed by atoms with Gasteiger partial charge in [-0.3, -0.25) is 9.89 Å². The van der Waals surface area contributed by atoms with Gasteiger partial charge in [-0.1, -0.05) is 18.2 Å². The highest BCUT2D eigenvalue weighted by atomic mass is 35.5. The van der Waals surface area contributed by atoms with E-state index < -0.39 is 0 Å². The van der Waals surface area contributed by atoms with Crippen LogP contribution in [-0.2, 0) is 16.0 Å². The largest absolute Gasteiger partial charge is 0.488 e. The topological polar surface area (TPSA) is 89.1 Å². The lowest BCUT2D eigenvalue weighted by Gasteiger charge is -2.32. The molecule has 2 heterocycles. The summed E-state index contributed by atoms with van der Waals surface area (Å²) < 4.78 is 11.5. The number of nitrogens with one attached hydrogen (secondary N) is 2. The fraction of sp³-hybridized carbons (Fsp3) is 0.438. The first-order valence-corrected chi connectivity index (χ1v) is 8.24. The molecule has 1 aliphatic rings. The fourth-order valence-electron chi connectivity index (χ4n) is 2.56.